The second kappa shape index (κ2) is 10.1. The number of hydrogen-bond donors (Lipinski definition) is 0. The molecule has 1 heterocycles. The number of amides is 1. The van der Waals surface area contributed by atoms with Crippen molar-refractivity contribution in [2.24, 2.45) is 0 Å². The highest BCUT2D eigenvalue weighted by atomic mass is 35.5. The lowest BCUT2D eigenvalue weighted by molar-refractivity contribution is -0.136. The van der Waals surface area contributed by atoms with Gasteiger partial charge in [-0.15, -0.1) is 0 Å². The molecule has 2 aromatic rings. The van der Waals surface area contributed by atoms with E-state index in [1.165, 1.54) is 7.11 Å². The fraction of sp³-hybridized carbons (Fsp3) is 0.250. The monoisotopic (exact) mass is 475 g/mol. The Bertz CT molecular complexity index is 1120. The molecule has 0 radical (unpaired) electrons. The number of ether oxygens (including phenoxy) is 3. The molecular formula is C24H23Cl2NO5. The molecule has 0 aromatic heterocycles. The summed E-state index contributed by atoms with van der Waals surface area (Å²) in [6, 6.07) is 10.6. The molecule has 8 heteroatoms. The number of rotatable bonds is 7. The molecule has 0 bridgehead atoms. The van der Waals surface area contributed by atoms with E-state index in [0.29, 0.717) is 45.8 Å². The van der Waals surface area contributed by atoms with Crippen molar-refractivity contribution in [1.29, 1.82) is 0 Å². The second-order valence-corrected chi connectivity index (χ2v) is 7.89. The number of hydrogen-bond acceptors (Lipinski definition) is 5. The molecule has 1 amide bonds. The average Bonchev–Trinajstić information content (AvgIpc) is 3.02. The van der Waals surface area contributed by atoms with E-state index >= 15 is 0 Å². The van der Waals surface area contributed by atoms with Crippen LogP contribution in [0.4, 0.5) is 0 Å². The molecule has 6 nitrogen and oxygen atoms in total. The van der Waals surface area contributed by atoms with Gasteiger partial charge in [0.25, 0.3) is 5.91 Å². The van der Waals surface area contributed by atoms with Crippen molar-refractivity contribution >= 4 is 41.2 Å². The molecule has 0 unspecified atom stereocenters. The summed E-state index contributed by atoms with van der Waals surface area (Å²) in [5.41, 5.74) is 2.63. The summed E-state index contributed by atoms with van der Waals surface area (Å²) in [6.45, 7) is 2.10. The van der Waals surface area contributed by atoms with Crippen molar-refractivity contribution < 1.29 is 23.8 Å². The molecule has 0 spiro atoms. The molecule has 1 aliphatic heterocycles. The molecular weight excluding hydrogens is 453 g/mol. The molecule has 0 saturated heterocycles. The summed E-state index contributed by atoms with van der Waals surface area (Å²) >= 11 is 12.1. The zero-order chi connectivity index (χ0) is 23.4. The minimum atomic E-state index is -0.573. The van der Waals surface area contributed by atoms with E-state index in [0.717, 1.165) is 5.56 Å². The van der Waals surface area contributed by atoms with Crippen molar-refractivity contribution in [2.75, 3.05) is 27.9 Å². The number of methoxy groups -OCH3 is 3. The van der Waals surface area contributed by atoms with Crippen molar-refractivity contribution in [2.45, 2.75) is 13.3 Å². The molecule has 32 heavy (non-hydrogen) atoms. The van der Waals surface area contributed by atoms with Gasteiger partial charge in [-0.25, -0.2) is 4.79 Å². The van der Waals surface area contributed by atoms with Crippen LogP contribution in [0.1, 0.15) is 18.1 Å². The maximum absolute atomic E-state index is 13.3. The SMILES string of the molecule is COC(=O)C1=C(C)N(CCc2ccc(OC)c(OC)c2)C(=O)/C1=C\c1ccc(Cl)c(Cl)c1. The molecule has 0 aliphatic carbocycles. The third-order valence-electron chi connectivity index (χ3n) is 5.23. The number of halogens is 2. The Morgan fingerprint density at radius 2 is 1.72 bits per heavy atom. The number of nitrogens with zero attached hydrogens (tertiary/aromatic N) is 1. The Balaban J connectivity index is 1.91. The Kier molecular flexibility index (Phi) is 7.48. The van der Waals surface area contributed by atoms with Gasteiger partial charge in [0, 0.05) is 12.2 Å². The Labute approximate surface area is 197 Å². The topological polar surface area (TPSA) is 65.1 Å². The van der Waals surface area contributed by atoms with E-state index < -0.39 is 5.97 Å². The van der Waals surface area contributed by atoms with Crippen LogP contribution in [0.25, 0.3) is 6.08 Å². The van der Waals surface area contributed by atoms with E-state index in [2.05, 4.69) is 0 Å². The molecule has 1 aliphatic rings. The van der Waals surface area contributed by atoms with Crippen molar-refractivity contribution in [3.8, 4) is 11.5 Å². The van der Waals surface area contributed by atoms with Gasteiger partial charge in [0.05, 0.1) is 42.5 Å². The number of benzene rings is 2. The summed E-state index contributed by atoms with van der Waals surface area (Å²) < 4.78 is 15.6. The van der Waals surface area contributed by atoms with Crippen molar-refractivity contribution in [3.63, 3.8) is 0 Å². The third-order valence-corrected chi connectivity index (χ3v) is 5.97. The molecule has 0 saturated carbocycles. The van der Waals surface area contributed by atoms with Gasteiger partial charge in [0.1, 0.15) is 0 Å². The molecule has 0 N–H and O–H groups in total. The average molecular weight is 476 g/mol. The minimum absolute atomic E-state index is 0.232. The predicted molar refractivity (Wildman–Crippen MR) is 124 cm³/mol. The quantitative estimate of drug-likeness (QED) is 0.419. The van der Waals surface area contributed by atoms with Gasteiger partial charge >= 0.3 is 5.97 Å². The lowest BCUT2D eigenvalue weighted by Gasteiger charge is -2.18. The summed E-state index contributed by atoms with van der Waals surface area (Å²) in [7, 11) is 4.43. The lowest BCUT2D eigenvalue weighted by Crippen LogP contribution is -2.27. The van der Waals surface area contributed by atoms with Crippen LogP contribution in [0.2, 0.25) is 10.0 Å². The highest BCUT2D eigenvalue weighted by Crippen LogP contribution is 2.33. The fourth-order valence-corrected chi connectivity index (χ4v) is 3.85. The van der Waals surface area contributed by atoms with Gasteiger partial charge in [-0.2, -0.15) is 0 Å². The normalized spacial score (nSPS) is 14.9. The number of esters is 1. The van der Waals surface area contributed by atoms with Crippen molar-refractivity contribution in [3.05, 3.63) is 74.4 Å². The Morgan fingerprint density at radius 1 is 1.00 bits per heavy atom. The summed E-state index contributed by atoms with van der Waals surface area (Å²) in [5.74, 6) is 0.384. The van der Waals surface area contributed by atoms with Gasteiger partial charge in [0.2, 0.25) is 0 Å². The fourth-order valence-electron chi connectivity index (χ4n) is 3.54. The number of carbonyl (C=O) groups is 2. The van der Waals surface area contributed by atoms with Gasteiger partial charge in [0.15, 0.2) is 11.5 Å². The van der Waals surface area contributed by atoms with Crippen LogP contribution in [0.3, 0.4) is 0 Å². The van der Waals surface area contributed by atoms with Gasteiger partial charge < -0.3 is 19.1 Å². The maximum atomic E-state index is 13.3. The van der Waals surface area contributed by atoms with Crippen molar-refractivity contribution in [1.82, 2.24) is 4.90 Å². The molecule has 168 valence electrons. The number of allylic oxidation sites excluding steroid dienone is 1. The second-order valence-electron chi connectivity index (χ2n) is 7.08. The lowest BCUT2D eigenvalue weighted by atomic mass is 10.0. The van der Waals surface area contributed by atoms with Crippen LogP contribution < -0.4 is 9.47 Å². The van der Waals surface area contributed by atoms with Crippen LogP contribution in [-0.4, -0.2) is 44.7 Å². The minimum Gasteiger partial charge on any atom is -0.493 e. The van der Waals surface area contributed by atoms with E-state index in [1.54, 1.807) is 50.3 Å². The smallest absolute Gasteiger partial charge is 0.340 e. The predicted octanol–water partition coefficient (Wildman–Crippen LogP) is 4.93. The van der Waals surface area contributed by atoms with Gasteiger partial charge in [-0.05, 0) is 54.8 Å². The zero-order valence-corrected chi connectivity index (χ0v) is 19.7. The Hall–Kier alpha value is -2.96. The molecule has 3 rings (SSSR count). The highest BCUT2D eigenvalue weighted by Gasteiger charge is 2.36. The van der Waals surface area contributed by atoms with Gasteiger partial charge in [-0.1, -0.05) is 35.3 Å². The maximum Gasteiger partial charge on any atom is 0.340 e. The Morgan fingerprint density at radius 3 is 2.34 bits per heavy atom. The van der Waals surface area contributed by atoms with E-state index in [1.807, 2.05) is 18.2 Å². The zero-order valence-electron chi connectivity index (χ0n) is 18.2. The molecule has 2 aromatic carbocycles. The first-order valence-electron chi connectivity index (χ1n) is 9.79. The largest absolute Gasteiger partial charge is 0.493 e. The molecule has 0 fully saturated rings. The van der Waals surface area contributed by atoms with Crippen LogP contribution in [0.5, 0.6) is 11.5 Å². The first-order valence-corrected chi connectivity index (χ1v) is 10.5. The van der Waals surface area contributed by atoms with Crippen LogP contribution in [0.15, 0.2) is 53.2 Å². The summed E-state index contributed by atoms with van der Waals surface area (Å²) in [6.07, 6.45) is 2.18. The van der Waals surface area contributed by atoms with E-state index in [4.69, 9.17) is 37.4 Å². The van der Waals surface area contributed by atoms with Gasteiger partial charge in [-0.3, -0.25) is 4.79 Å². The van der Waals surface area contributed by atoms with Crippen LogP contribution in [0, 0.1) is 0 Å². The first kappa shape index (κ1) is 23.7. The summed E-state index contributed by atoms with van der Waals surface area (Å²) in [5, 5.41) is 0.764. The van der Waals surface area contributed by atoms with E-state index in [9.17, 15) is 9.59 Å². The standard InChI is InChI=1S/C24H23Cl2NO5/c1-14-22(24(29)32-4)17(11-16-5-7-18(25)19(26)12-16)23(28)27(14)10-9-15-6-8-20(30-2)21(13-15)31-3/h5-8,11-13H,9-10H2,1-4H3/b17-11-. The molecule has 0 atom stereocenters. The third kappa shape index (κ3) is 4.76. The summed E-state index contributed by atoms with van der Waals surface area (Å²) in [4.78, 5) is 27.3. The van der Waals surface area contributed by atoms with Crippen LogP contribution >= 0.6 is 23.2 Å². The highest BCUT2D eigenvalue weighted by molar-refractivity contribution is 6.42. The van der Waals surface area contributed by atoms with E-state index in [-0.39, 0.29) is 17.1 Å². The first-order chi connectivity index (χ1) is 15.3. The van der Waals surface area contributed by atoms with Crippen LogP contribution in [-0.2, 0) is 20.7 Å². The number of carbonyl (C=O) groups excluding carboxylic acids is 2.